The number of rotatable bonds is 3. The van der Waals surface area contributed by atoms with Crippen molar-refractivity contribution >= 4 is 28.6 Å². The van der Waals surface area contributed by atoms with Crippen molar-refractivity contribution in [2.45, 2.75) is 18.3 Å². The Hall–Kier alpha value is -2.48. The lowest BCUT2D eigenvalue weighted by molar-refractivity contribution is -0.150. The Morgan fingerprint density at radius 1 is 1.29 bits per heavy atom. The van der Waals surface area contributed by atoms with Crippen LogP contribution in [0.1, 0.15) is 17.3 Å². The molecule has 2 amide bonds. The molecule has 1 aromatic rings. The summed E-state index contributed by atoms with van der Waals surface area (Å²) in [5.74, 6) is -1.36. The number of hydrogen-bond acceptors (Lipinski definition) is 5. The second-order valence-electron chi connectivity index (χ2n) is 5.56. The molecule has 1 saturated heterocycles. The number of esters is 1. The first-order valence-electron chi connectivity index (χ1n) is 7.30. The Labute approximate surface area is 141 Å². The van der Waals surface area contributed by atoms with Gasteiger partial charge in [0.05, 0.1) is 17.9 Å². The van der Waals surface area contributed by atoms with Gasteiger partial charge >= 0.3 is 5.97 Å². The van der Waals surface area contributed by atoms with Gasteiger partial charge in [0.25, 0.3) is 11.8 Å². The maximum atomic E-state index is 12.4. The maximum Gasteiger partial charge on any atom is 0.354 e. The normalized spacial score (nSPS) is 25.7. The standard InChI is InChI=1S/C16H16N2O5S/c1-9-8-24(22)15-11(14(20)18(15)12(9)16(21)23-2)17-13(19)10-6-4-3-5-7-10/h3-7,11,15H,8H2,1-2H3,(H,17,19)/t11-,15-,24?/m1/s1. The zero-order valence-electron chi connectivity index (χ0n) is 13.1. The first kappa shape index (κ1) is 16.4. The van der Waals surface area contributed by atoms with E-state index in [4.69, 9.17) is 4.74 Å². The van der Waals surface area contributed by atoms with Gasteiger partial charge in [0, 0.05) is 11.3 Å². The van der Waals surface area contributed by atoms with Crippen molar-refractivity contribution in [2.75, 3.05) is 12.9 Å². The number of hydrogen-bond donors (Lipinski definition) is 1. The van der Waals surface area contributed by atoms with Crippen LogP contribution in [-0.2, 0) is 25.1 Å². The number of nitrogens with one attached hydrogen (secondary N) is 1. The van der Waals surface area contributed by atoms with E-state index in [0.29, 0.717) is 11.1 Å². The van der Waals surface area contributed by atoms with Crippen molar-refractivity contribution in [1.82, 2.24) is 10.2 Å². The Balaban J connectivity index is 1.83. The van der Waals surface area contributed by atoms with E-state index >= 15 is 0 Å². The molecule has 0 bridgehead atoms. The molecule has 1 N–H and O–H groups in total. The average molecular weight is 348 g/mol. The van der Waals surface area contributed by atoms with Gasteiger partial charge in [-0.15, -0.1) is 0 Å². The Kier molecular flexibility index (Phi) is 4.23. The van der Waals surface area contributed by atoms with Crippen LogP contribution in [-0.4, -0.2) is 51.2 Å². The highest BCUT2D eigenvalue weighted by Crippen LogP contribution is 2.35. The van der Waals surface area contributed by atoms with Crippen LogP contribution in [0.2, 0.25) is 0 Å². The van der Waals surface area contributed by atoms with E-state index in [0.717, 1.165) is 0 Å². The van der Waals surface area contributed by atoms with Gasteiger partial charge in [-0.25, -0.2) is 4.79 Å². The highest BCUT2D eigenvalue weighted by Gasteiger charge is 2.56. The Morgan fingerprint density at radius 2 is 1.96 bits per heavy atom. The molecule has 3 rings (SSSR count). The molecule has 1 unspecified atom stereocenters. The van der Waals surface area contributed by atoms with E-state index in [1.54, 1.807) is 37.3 Å². The quantitative estimate of drug-likeness (QED) is 0.621. The van der Waals surface area contributed by atoms with Gasteiger partial charge in [0.1, 0.15) is 17.1 Å². The average Bonchev–Trinajstić information content (AvgIpc) is 2.59. The van der Waals surface area contributed by atoms with Crippen molar-refractivity contribution in [3.63, 3.8) is 0 Å². The summed E-state index contributed by atoms with van der Waals surface area (Å²) in [5, 5.41) is 1.86. The highest BCUT2D eigenvalue weighted by atomic mass is 32.2. The molecular weight excluding hydrogens is 332 g/mol. The predicted molar refractivity (Wildman–Crippen MR) is 86.1 cm³/mol. The maximum absolute atomic E-state index is 12.4. The molecule has 0 radical (unpaired) electrons. The molecule has 24 heavy (non-hydrogen) atoms. The van der Waals surface area contributed by atoms with Crippen LogP contribution in [0.5, 0.6) is 0 Å². The fourth-order valence-electron chi connectivity index (χ4n) is 2.86. The smallest absolute Gasteiger partial charge is 0.354 e. The summed E-state index contributed by atoms with van der Waals surface area (Å²) in [4.78, 5) is 37.7. The van der Waals surface area contributed by atoms with Gasteiger partial charge in [-0.1, -0.05) is 18.2 Å². The molecule has 8 heteroatoms. The second kappa shape index (κ2) is 6.20. The highest BCUT2D eigenvalue weighted by molar-refractivity contribution is 7.86. The largest absolute Gasteiger partial charge is 0.464 e. The Morgan fingerprint density at radius 3 is 2.58 bits per heavy atom. The molecule has 126 valence electrons. The van der Waals surface area contributed by atoms with Gasteiger partial charge in [-0.3, -0.25) is 18.7 Å². The number of fused-ring (bicyclic) bond motifs is 1. The molecule has 7 nitrogen and oxygen atoms in total. The molecule has 2 heterocycles. The summed E-state index contributed by atoms with van der Waals surface area (Å²) >= 11 is 0. The third kappa shape index (κ3) is 2.52. The van der Waals surface area contributed by atoms with Crippen LogP contribution in [0.15, 0.2) is 41.6 Å². The number of ether oxygens (including phenoxy) is 1. The van der Waals surface area contributed by atoms with Crippen LogP contribution in [0.25, 0.3) is 0 Å². The Bertz CT molecular complexity index is 774. The topological polar surface area (TPSA) is 92.8 Å². The summed E-state index contributed by atoms with van der Waals surface area (Å²) in [6.45, 7) is 1.64. The fourth-order valence-corrected chi connectivity index (χ4v) is 4.53. The van der Waals surface area contributed by atoms with Crippen molar-refractivity contribution in [3.8, 4) is 0 Å². The van der Waals surface area contributed by atoms with Crippen LogP contribution in [0, 0.1) is 0 Å². The minimum Gasteiger partial charge on any atom is -0.464 e. The summed E-state index contributed by atoms with van der Waals surface area (Å²) in [7, 11) is -0.172. The second-order valence-corrected chi connectivity index (χ2v) is 7.09. The monoisotopic (exact) mass is 348 g/mol. The number of nitrogens with zero attached hydrogens (tertiary/aromatic N) is 1. The van der Waals surface area contributed by atoms with Crippen LogP contribution < -0.4 is 5.32 Å². The van der Waals surface area contributed by atoms with Gasteiger partial charge in [-0.2, -0.15) is 0 Å². The minimum absolute atomic E-state index is 0.123. The van der Waals surface area contributed by atoms with Gasteiger partial charge in [-0.05, 0) is 24.6 Å². The number of methoxy groups -OCH3 is 1. The van der Waals surface area contributed by atoms with Gasteiger partial charge in [0.15, 0.2) is 0 Å². The number of carbonyl (C=O) groups is 3. The molecule has 0 aromatic heterocycles. The van der Waals surface area contributed by atoms with E-state index in [9.17, 15) is 18.6 Å². The molecule has 1 fully saturated rings. The van der Waals surface area contributed by atoms with Crippen LogP contribution in [0.3, 0.4) is 0 Å². The predicted octanol–water partition coefficient (Wildman–Crippen LogP) is 0.163. The van der Waals surface area contributed by atoms with Crippen molar-refractivity contribution < 1.29 is 23.3 Å². The van der Waals surface area contributed by atoms with Crippen molar-refractivity contribution in [1.29, 1.82) is 0 Å². The van der Waals surface area contributed by atoms with Crippen molar-refractivity contribution in [2.24, 2.45) is 0 Å². The first-order valence-corrected chi connectivity index (χ1v) is 8.68. The molecule has 1 aromatic carbocycles. The molecule has 2 aliphatic heterocycles. The van der Waals surface area contributed by atoms with Crippen LogP contribution >= 0.6 is 0 Å². The number of carbonyl (C=O) groups excluding carboxylic acids is 3. The van der Waals surface area contributed by atoms with Gasteiger partial charge in [0.2, 0.25) is 0 Å². The zero-order chi connectivity index (χ0) is 17.4. The third-order valence-electron chi connectivity index (χ3n) is 4.02. The summed E-state index contributed by atoms with van der Waals surface area (Å²) in [5.41, 5.74) is 1.07. The molecule has 0 spiro atoms. The van der Waals surface area contributed by atoms with E-state index in [-0.39, 0.29) is 11.4 Å². The number of benzene rings is 1. The SMILES string of the molecule is COC(=O)C1=C(C)CS(=O)[C@@H]2[C@H](NC(=O)c3ccccc3)C(=O)N12. The molecule has 2 aliphatic rings. The van der Waals surface area contributed by atoms with E-state index < -0.39 is 40.0 Å². The van der Waals surface area contributed by atoms with E-state index in [2.05, 4.69) is 5.32 Å². The summed E-state index contributed by atoms with van der Waals surface area (Å²) in [6, 6.07) is 7.54. The van der Waals surface area contributed by atoms with Crippen molar-refractivity contribution in [3.05, 3.63) is 47.2 Å². The lowest BCUT2D eigenvalue weighted by Gasteiger charge is -2.49. The molecule has 0 saturated carbocycles. The molecule has 3 atom stereocenters. The van der Waals surface area contributed by atoms with E-state index in [1.807, 2.05) is 0 Å². The zero-order valence-corrected chi connectivity index (χ0v) is 14.0. The lowest BCUT2D eigenvalue weighted by atomic mass is 10.0. The molecular formula is C16H16N2O5S. The number of amides is 2. The first-order chi connectivity index (χ1) is 11.5. The number of β-lactam (4-membered cyclic amide) rings is 1. The lowest BCUT2D eigenvalue weighted by Crippen LogP contribution is -2.73. The van der Waals surface area contributed by atoms with Crippen LogP contribution in [0.4, 0.5) is 0 Å². The summed E-state index contributed by atoms with van der Waals surface area (Å²) < 4.78 is 17.1. The van der Waals surface area contributed by atoms with E-state index in [1.165, 1.54) is 12.0 Å². The fraction of sp³-hybridized carbons (Fsp3) is 0.312. The molecule has 0 aliphatic carbocycles. The van der Waals surface area contributed by atoms with Gasteiger partial charge < -0.3 is 10.1 Å². The minimum atomic E-state index is -1.40. The summed E-state index contributed by atoms with van der Waals surface area (Å²) in [6.07, 6.45) is 0. The third-order valence-corrected chi connectivity index (χ3v) is 5.76.